The van der Waals surface area contributed by atoms with Crippen LogP contribution in [0, 0.1) is 6.92 Å². The van der Waals surface area contributed by atoms with Crippen LogP contribution >= 0.6 is 11.3 Å². The Hall–Kier alpha value is -3.59. The van der Waals surface area contributed by atoms with Crippen LogP contribution < -0.4 is 5.32 Å². The second-order valence-corrected chi connectivity index (χ2v) is 9.89. The molecule has 0 unspecified atom stereocenters. The Kier molecular flexibility index (Phi) is 5.99. The third kappa shape index (κ3) is 4.81. The largest absolute Gasteiger partial charge is 0.379 e. The second-order valence-electron chi connectivity index (χ2n) is 8.71. The zero-order valence-corrected chi connectivity index (χ0v) is 20.3. The molecule has 0 amide bonds. The molecule has 1 fully saturated rings. The molecule has 5 aromatic rings. The molecule has 35 heavy (non-hydrogen) atoms. The maximum absolute atomic E-state index is 5.48. The first-order chi connectivity index (χ1) is 17.2. The van der Waals surface area contributed by atoms with Gasteiger partial charge in [0.25, 0.3) is 0 Å². The molecule has 0 spiro atoms. The first-order valence-electron chi connectivity index (χ1n) is 11.8. The molecule has 2 aromatic carbocycles. The molecule has 0 aliphatic carbocycles. The lowest BCUT2D eigenvalue weighted by atomic mass is 10.0. The SMILES string of the molecule is Cc1nnc(Nc2cccc(-c3cnc4cc(-c5cccc(CN6CCOCC6)c5)ccn34)c2)s1. The van der Waals surface area contributed by atoms with E-state index < -0.39 is 0 Å². The van der Waals surface area contributed by atoms with Crippen molar-refractivity contribution in [2.45, 2.75) is 13.5 Å². The smallest absolute Gasteiger partial charge is 0.210 e. The van der Waals surface area contributed by atoms with Gasteiger partial charge in [-0.05, 0) is 53.9 Å². The van der Waals surface area contributed by atoms with Crippen LogP contribution in [0.3, 0.4) is 0 Å². The van der Waals surface area contributed by atoms with Gasteiger partial charge in [0.15, 0.2) is 0 Å². The van der Waals surface area contributed by atoms with Crippen molar-refractivity contribution in [2.75, 3.05) is 31.6 Å². The van der Waals surface area contributed by atoms with Gasteiger partial charge in [0.05, 0.1) is 25.1 Å². The molecule has 4 heterocycles. The Morgan fingerprint density at radius 3 is 2.63 bits per heavy atom. The van der Waals surface area contributed by atoms with E-state index in [2.05, 4.69) is 79.5 Å². The Morgan fingerprint density at radius 1 is 0.943 bits per heavy atom. The summed E-state index contributed by atoms with van der Waals surface area (Å²) >= 11 is 1.54. The third-order valence-corrected chi connectivity index (χ3v) is 6.97. The number of benzene rings is 2. The van der Waals surface area contributed by atoms with E-state index in [9.17, 15) is 0 Å². The molecular weight excluding hydrogens is 456 g/mol. The number of pyridine rings is 1. The number of morpholine rings is 1. The maximum atomic E-state index is 5.48. The number of hydrogen-bond acceptors (Lipinski definition) is 7. The molecule has 3 aromatic heterocycles. The Morgan fingerprint density at radius 2 is 1.77 bits per heavy atom. The van der Waals surface area contributed by atoms with Crippen molar-refractivity contribution in [1.82, 2.24) is 24.5 Å². The van der Waals surface area contributed by atoms with Crippen LogP contribution in [-0.4, -0.2) is 50.8 Å². The van der Waals surface area contributed by atoms with E-state index in [0.717, 1.165) is 65.6 Å². The van der Waals surface area contributed by atoms with Crippen molar-refractivity contribution >= 4 is 27.8 Å². The number of aromatic nitrogens is 4. The lowest BCUT2D eigenvalue weighted by Gasteiger charge is -2.26. The van der Waals surface area contributed by atoms with Gasteiger partial charge in [0.1, 0.15) is 10.7 Å². The highest BCUT2D eigenvalue weighted by molar-refractivity contribution is 7.15. The second kappa shape index (κ2) is 9.58. The summed E-state index contributed by atoms with van der Waals surface area (Å²) in [5.74, 6) is 0. The summed E-state index contributed by atoms with van der Waals surface area (Å²) in [6, 6.07) is 21.4. The van der Waals surface area contributed by atoms with Gasteiger partial charge in [-0.2, -0.15) is 0 Å². The van der Waals surface area contributed by atoms with E-state index >= 15 is 0 Å². The average Bonchev–Trinajstić information content (AvgIpc) is 3.50. The van der Waals surface area contributed by atoms with E-state index in [1.54, 1.807) is 0 Å². The van der Waals surface area contributed by atoms with Gasteiger partial charge in [-0.15, -0.1) is 10.2 Å². The van der Waals surface area contributed by atoms with E-state index in [1.807, 2.05) is 25.3 Å². The Bertz CT molecular complexity index is 1470. The summed E-state index contributed by atoms with van der Waals surface area (Å²) in [5, 5.41) is 13.3. The topological polar surface area (TPSA) is 67.6 Å². The number of nitrogens with one attached hydrogen (secondary N) is 1. The normalized spacial score (nSPS) is 14.4. The van der Waals surface area contributed by atoms with Crippen LogP contribution in [0.2, 0.25) is 0 Å². The van der Waals surface area contributed by atoms with E-state index in [0.29, 0.717) is 0 Å². The van der Waals surface area contributed by atoms with Crippen LogP contribution in [0.4, 0.5) is 10.8 Å². The fraction of sp³-hybridized carbons (Fsp3) is 0.222. The standard InChI is InChI=1S/C27H26N6OS/c1-19-30-31-27(35-19)29-24-7-3-6-23(15-24)25-17-28-26-16-22(8-9-33(25)26)21-5-2-4-20(14-21)18-32-10-12-34-13-11-32/h2-9,14-17H,10-13,18H2,1H3,(H,29,31). The number of nitrogens with zero attached hydrogens (tertiary/aromatic N) is 5. The zero-order valence-electron chi connectivity index (χ0n) is 19.5. The molecule has 0 atom stereocenters. The first-order valence-corrected chi connectivity index (χ1v) is 12.6. The van der Waals surface area contributed by atoms with Crippen LogP contribution in [0.25, 0.3) is 28.0 Å². The zero-order chi connectivity index (χ0) is 23.6. The van der Waals surface area contributed by atoms with Crippen molar-refractivity contribution in [2.24, 2.45) is 0 Å². The van der Waals surface area contributed by atoms with E-state index in [1.165, 1.54) is 28.0 Å². The lowest BCUT2D eigenvalue weighted by Crippen LogP contribution is -2.35. The monoisotopic (exact) mass is 482 g/mol. The summed E-state index contributed by atoms with van der Waals surface area (Å²) in [7, 11) is 0. The van der Waals surface area contributed by atoms with Crippen molar-refractivity contribution in [1.29, 1.82) is 0 Å². The van der Waals surface area contributed by atoms with Crippen LogP contribution in [0.5, 0.6) is 0 Å². The highest BCUT2D eigenvalue weighted by atomic mass is 32.1. The number of aryl methyl sites for hydroxylation is 1. The number of imidazole rings is 1. The molecule has 176 valence electrons. The number of fused-ring (bicyclic) bond motifs is 1. The third-order valence-electron chi connectivity index (χ3n) is 6.22. The van der Waals surface area contributed by atoms with Gasteiger partial charge in [0.2, 0.25) is 5.13 Å². The molecule has 1 saturated heterocycles. The molecule has 1 N–H and O–H groups in total. The van der Waals surface area contributed by atoms with Crippen molar-refractivity contribution in [3.8, 4) is 22.4 Å². The number of anilines is 2. The first kappa shape index (κ1) is 21.9. The highest BCUT2D eigenvalue weighted by Gasteiger charge is 2.12. The van der Waals surface area contributed by atoms with Gasteiger partial charge in [-0.25, -0.2) is 4.98 Å². The van der Waals surface area contributed by atoms with Crippen molar-refractivity contribution in [3.63, 3.8) is 0 Å². The summed E-state index contributed by atoms with van der Waals surface area (Å²) < 4.78 is 7.61. The molecule has 8 heteroatoms. The Balaban J connectivity index is 1.25. The van der Waals surface area contributed by atoms with Crippen LogP contribution in [-0.2, 0) is 11.3 Å². The minimum absolute atomic E-state index is 0.790. The molecule has 0 radical (unpaired) electrons. The van der Waals surface area contributed by atoms with Gasteiger partial charge < -0.3 is 10.1 Å². The predicted molar refractivity (Wildman–Crippen MR) is 140 cm³/mol. The predicted octanol–water partition coefficient (Wildman–Crippen LogP) is 5.40. The van der Waals surface area contributed by atoms with Crippen LogP contribution in [0.1, 0.15) is 10.6 Å². The molecule has 0 saturated carbocycles. The summed E-state index contributed by atoms with van der Waals surface area (Å²) in [5.41, 5.74) is 7.73. The van der Waals surface area contributed by atoms with Gasteiger partial charge >= 0.3 is 0 Å². The molecule has 1 aliphatic heterocycles. The minimum Gasteiger partial charge on any atom is -0.379 e. The highest BCUT2D eigenvalue weighted by Crippen LogP contribution is 2.29. The fourth-order valence-corrected chi connectivity index (χ4v) is 5.08. The molecular formula is C27H26N6OS. The van der Waals surface area contributed by atoms with Crippen LogP contribution in [0.15, 0.2) is 73.1 Å². The average molecular weight is 483 g/mol. The van der Waals surface area contributed by atoms with Crippen molar-refractivity contribution in [3.05, 3.63) is 83.6 Å². The van der Waals surface area contributed by atoms with E-state index in [4.69, 9.17) is 9.72 Å². The summed E-state index contributed by atoms with van der Waals surface area (Å²) in [6.45, 7) is 6.52. The molecule has 7 nitrogen and oxygen atoms in total. The molecule has 6 rings (SSSR count). The number of rotatable bonds is 6. The number of ether oxygens (including phenoxy) is 1. The summed E-state index contributed by atoms with van der Waals surface area (Å²) in [6.07, 6.45) is 4.04. The molecule has 1 aliphatic rings. The van der Waals surface area contributed by atoms with Gasteiger partial charge in [0, 0.05) is 37.1 Å². The van der Waals surface area contributed by atoms with E-state index in [-0.39, 0.29) is 0 Å². The summed E-state index contributed by atoms with van der Waals surface area (Å²) in [4.78, 5) is 7.16. The van der Waals surface area contributed by atoms with Crippen molar-refractivity contribution < 1.29 is 4.74 Å². The fourth-order valence-electron chi connectivity index (χ4n) is 4.47. The molecule has 0 bridgehead atoms. The minimum atomic E-state index is 0.790. The number of hydrogen-bond donors (Lipinski definition) is 1. The van der Waals surface area contributed by atoms with Gasteiger partial charge in [-0.1, -0.05) is 41.7 Å². The lowest BCUT2D eigenvalue weighted by molar-refractivity contribution is 0.0342. The Labute approximate surface area is 208 Å². The quantitative estimate of drug-likeness (QED) is 0.349. The maximum Gasteiger partial charge on any atom is 0.210 e. The van der Waals surface area contributed by atoms with Gasteiger partial charge in [-0.3, -0.25) is 9.30 Å².